The van der Waals surface area contributed by atoms with Crippen LogP contribution in [0.5, 0.6) is 0 Å². The highest BCUT2D eigenvalue weighted by molar-refractivity contribution is 7.09. The van der Waals surface area contributed by atoms with Crippen LogP contribution in [0, 0.1) is 11.6 Å². The molecule has 4 aromatic rings. The summed E-state index contributed by atoms with van der Waals surface area (Å²) in [7, 11) is 0. The largest absolute Gasteiger partial charge is 0.370 e. The summed E-state index contributed by atoms with van der Waals surface area (Å²) in [5, 5.41) is 5.27. The molecule has 198 valence electrons. The number of nitrogens with two attached hydrogens (primary N) is 1. The maximum Gasteiger partial charge on any atom is 0.263 e. The average molecular weight is 548 g/mol. The molecular weight excluding hydrogens is 524 g/mol. The third-order valence-electron chi connectivity index (χ3n) is 6.36. The Kier molecular flexibility index (Phi) is 7.42. The molecule has 0 bridgehead atoms. The zero-order valence-electron chi connectivity index (χ0n) is 20.6. The first-order valence-corrected chi connectivity index (χ1v) is 13.0. The quantitative estimate of drug-likeness (QED) is 0.331. The van der Waals surface area contributed by atoms with Crippen LogP contribution >= 0.6 is 11.3 Å². The second-order valence-corrected chi connectivity index (χ2v) is 9.91. The first kappa shape index (κ1) is 26.1. The summed E-state index contributed by atoms with van der Waals surface area (Å²) >= 11 is 1.33. The molecule has 8 nitrogen and oxygen atoms in total. The van der Waals surface area contributed by atoms with E-state index in [4.69, 9.17) is 10.7 Å². The number of amides is 2. The van der Waals surface area contributed by atoms with Crippen LogP contribution in [-0.2, 0) is 17.8 Å². The molecule has 1 aliphatic rings. The molecule has 3 N–H and O–H groups in total. The maximum absolute atomic E-state index is 13.6. The monoisotopic (exact) mass is 547 g/mol. The van der Waals surface area contributed by atoms with Crippen LogP contribution in [-0.4, -0.2) is 26.3 Å². The molecule has 11 heteroatoms. The van der Waals surface area contributed by atoms with Gasteiger partial charge in [-0.1, -0.05) is 18.2 Å². The molecule has 3 aromatic heterocycles. The summed E-state index contributed by atoms with van der Waals surface area (Å²) in [5.41, 5.74) is 8.63. The van der Waals surface area contributed by atoms with Crippen molar-refractivity contribution in [3.05, 3.63) is 121 Å². The van der Waals surface area contributed by atoms with E-state index in [9.17, 15) is 23.2 Å². The van der Waals surface area contributed by atoms with Gasteiger partial charge in [0.1, 0.15) is 10.6 Å². The number of primary amides is 1. The minimum absolute atomic E-state index is 0.00443. The second-order valence-electron chi connectivity index (χ2n) is 9.02. The van der Waals surface area contributed by atoms with Crippen molar-refractivity contribution < 1.29 is 18.4 Å². The van der Waals surface area contributed by atoms with Gasteiger partial charge in [-0.05, 0) is 42.3 Å². The second kappa shape index (κ2) is 11.1. The number of carbonyl (C=O) groups is 2. The molecule has 2 amide bonds. The van der Waals surface area contributed by atoms with E-state index in [1.807, 2.05) is 23.6 Å². The third-order valence-corrected chi connectivity index (χ3v) is 7.32. The molecule has 3 heterocycles. The van der Waals surface area contributed by atoms with Gasteiger partial charge in [0, 0.05) is 41.8 Å². The predicted octanol–water partition coefficient (Wildman–Crippen LogP) is 3.75. The van der Waals surface area contributed by atoms with Gasteiger partial charge in [0.15, 0.2) is 11.6 Å². The van der Waals surface area contributed by atoms with Crippen LogP contribution in [0.1, 0.15) is 56.8 Å². The highest BCUT2D eigenvalue weighted by atomic mass is 32.1. The van der Waals surface area contributed by atoms with E-state index >= 15 is 0 Å². The molecule has 0 fully saturated rings. The number of halogens is 2. The van der Waals surface area contributed by atoms with Crippen LogP contribution in [0.4, 0.5) is 8.78 Å². The summed E-state index contributed by atoms with van der Waals surface area (Å²) in [5.74, 6) is -3.20. The lowest BCUT2D eigenvalue weighted by Gasteiger charge is -2.16. The Balaban J connectivity index is 1.38. The van der Waals surface area contributed by atoms with Crippen LogP contribution < -0.4 is 16.6 Å². The van der Waals surface area contributed by atoms with Gasteiger partial charge in [-0.3, -0.25) is 19.4 Å². The van der Waals surface area contributed by atoms with Crippen molar-refractivity contribution in [3.63, 3.8) is 0 Å². The highest BCUT2D eigenvalue weighted by Crippen LogP contribution is 2.33. The predicted molar refractivity (Wildman–Crippen MR) is 142 cm³/mol. The Labute approximate surface area is 225 Å². The SMILES string of the molecule is NC(=O)CC[C@@H](NC(=O)c1cccn(Cc2ccc(F)c(F)c2)c1=O)c1nc(C2=CCc3ncccc32)cs1. The van der Waals surface area contributed by atoms with Crippen LogP contribution in [0.25, 0.3) is 5.57 Å². The van der Waals surface area contributed by atoms with Crippen molar-refractivity contribution in [1.29, 1.82) is 0 Å². The van der Waals surface area contributed by atoms with E-state index < -0.39 is 35.0 Å². The Hall–Kier alpha value is -4.51. The molecular formula is C28H23F2N5O3S. The molecule has 0 radical (unpaired) electrons. The van der Waals surface area contributed by atoms with E-state index in [1.165, 1.54) is 40.3 Å². The van der Waals surface area contributed by atoms with E-state index in [0.29, 0.717) is 17.0 Å². The van der Waals surface area contributed by atoms with Gasteiger partial charge in [-0.25, -0.2) is 13.8 Å². The van der Waals surface area contributed by atoms with Crippen molar-refractivity contribution in [1.82, 2.24) is 19.9 Å². The minimum atomic E-state index is -1.03. The minimum Gasteiger partial charge on any atom is -0.370 e. The number of hydrogen-bond acceptors (Lipinski definition) is 6. The van der Waals surface area contributed by atoms with Gasteiger partial charge in [0.2, 0.25) is 5.91 Å². The number of pyridine rings is 2. The highest BCUT2D eigenvalue weighted by Gasteiger charge is 2.24. The topological polar surface area (TPSA) is 120 Å². The first-order valence-electron chi connectivity index (χ1n) is 12.1. The fourth-order valence-corrected chi connectivity index (χ4v) is 5.32. The van der Waals surface area contributed by atoms with Crippen LogP contribution in [0.2, 0.25) is 0 Å². The number of hydrogen-bond donors (Lipinski definition) is 2. The lowest BCUT2D eigenvalue weighted by atomic mass is 10.1. The normalized spacial score (nSPS) is 13.0. The average Bonchev–Trinajstić information content (AvgIpc) is 3.57. The van der Waals surface area contributed by atoms with Crippen molar-refractivity contribution in [3.8, 4) is 0 Å². The van der Waals surface area contributed by atoms with Gasteiger partial charge in [-0.15, -0.1) is 11.3 Å². The summed E-state index contributed by atoms with van der Waals surface area (Å²) in [6.45, 7) is -0.0520. The molecule has 1 aromatic carbocycles. The van der Waals surface area contributed by atoms with Crippen molar-refractivity contribution in [2.24, 2.45) is 5.73 Å². The zero-order chi connectivity index (χ0) is 27.5. The van der Waals surface area contributed by atoms with Crippen molar-refractivity contribution >= 4 is 28.7 Å². The van der Waals surface area contributed by atoms with Crippen molar-refractivity contribution in [2.75, 3.05) is 0 Å². The van der Waals surface area contributed by atoms with Crippen LogP contribution in [0.3, 0.4) is 0 Å². The third kappa shape index (κ3) is 5.68. The van der Waals surface area contributed by atoms with Gasteiger partial charge >= 0.3 is 0 Å². The van der Waals surface area contributed by atoms with E-state index in [0.717, 1.165) is 34.7 Å². The molecule has 0 unspecified atom stereocenters. The Morgan fingerprint density at radius 3 is 2.79 bits per heavy atom. The number of nitrogens with one attached hydrogen (secondary N) is 1. The molecule has 39 heavy (non-hydrogen) atoms. The number of allylic oxidation sites excluding steroid dienone is 1. The molecule has 0 saturated carbocycles. The van der Waals surface area contributed by atoms with Gasteiger partial charge < -0.3 is 15.6 Å². The number of fused-ring (bicyclic) bond motifs is 1. The number of benzene rings is 1. The number of thiazole rings is 1. The molecule has 0 spiro atoms. The molecule has 5 rings (SSSR count). The summed E-state index contributed by atoms with van der Waals surface area (Å²) in [6, 6.07) is 9.43. The summed E-state index contributed by atoms with van der Waals surface area (Å²) in [4.78, 5) is 47.0. The number of carbonyl (C=O) groups excluding carboxylic acids is 2. The maximum atomic E-state index is 13.6. The molecule has 0 saturated heterocycles. The number of nitrogens with zero attached hydrogens (tertiary/aromatic N) is 3. The van der Waals surface area contributed by atoms with E-state index in [1.54, 1.807) is 6.20 Å². The van der Waals surface area contributed by atoms with Gasteiger partial charge in [-0.2, -0.15) is 0 Å². The lowest BCUT2D eigenvalue weighted by Crippen LogP contribution is -2.35. The summed E-state index contributed by atoms with van der Waals surface area (Å²) in [6.07, 6.45) is 6.15. The van der Waals surface area contributed by atoms with Crippen LogP contribution in [0.15, 0.2) is 71.1 Å². The molecule has 1 aliphatic carbocycles. The van der Waals surface area contributed by atoms with Crippen molar-refractivity contribution in [2.45, 2.75) is 31.8 Å². The zero-order valence-corrected chi connectivity index (χ0v) is 21.4. The molecule has 0 aliphatic heterocycles. The fraction of sp³-hybridized carbons (Fsp3) is 0.179. The molecule has 1 atom stereocenters. The number of rotatable bonds is 9. The van der Waals surface area contributed by atoms with E-state index in [-0.39, 0.29) is 24.9 Å². The Morgan fingerprint density at radius 2 is 2.00 bits per heavy atom. The smallest absolute Gasteiger partial charge is 0.263 e. The lowest BCUT2D eigenvalue weighted by molar-refractivity contribution is -0.118. The number of aromatic nitrogens is 3. The first-order chi connectivity index (χ1) is 18.8. The Morgan fingerprint density at radius 1 is 1.15 bits per heavy atom. The standard InChI is InChI=1S/C28H23F2N5O3S/c29-20-7-5-16(13-21(20)30)14-35-12-2-4-19(28(35)38)26(37)33-23(9-10-25(31)36)27-34-24(15-39-27)18-6-8-22-17(18)3-1-11-32-22/h1-7,11-13,15,23H,8-10,14H2,(H2,31,36)(H,33,37)/t23-/m1/s1. The van der Waals surface area contributed by atoms with Gasteiger partial charge in [0.25, 0.3) is 11.5 Å². The Bertz CT molecular complexity index is 1660. The summed E-state index contributed by atoms with van der Waals surface area (Å²) < 4.78 is 28.1. The fourth-order valence-electron chi connectivity index (χ4n) is 4.42. The van der Waals surface area contributed by atoms with Gasteiger partial charge in [0.05, 0.1) is 24.0 Å². The van der Waals surface area contributed by atoms with E-state index in [2.05, 4.69) is 10.3 Å².